The van der Waals surface area contributed by atoms with Crippen molar-refractivity contribution in [1.82, 2.24) is 9.78 Å². The molecule has 0 bridgehead atoms. The highest BCUT2D eigenvalue weighted by Crippen LogP contribution is 2.06. The Morgan fingerprint density at radius 2 is 1.92 bits per heavy atom. The SMILES string of the molecule is OCc1ccn(-c2ccccc2)n1. The number of nitrogens with zero attached hydrogens (tertiary/aromatic N) is 2. The summed E-state index contributed by atoms with van der Waals surface area (Å²) in [7, 11) is 0. The smallest absolute Gasteiger partial charge is 0.0883 e. The summed E-state index contributed by atoms with van der Waals surface area (Å²) in [4.78, 5) is 0. The first-order valence-electron chi connectivity index (χ1n) is 4.11. The van der Waals surface area contributed by atoms with Gasteiger partial charge in [0.25, 0.3) is 0 Å². The van der Waals surface area contributed by atoms with Gasteiger partial charge in [-0.25, -0.2) is 4.68 Å². The zero-order valence-corrected chi connectivity index (χ0v) is 7.09. The quantitative estimate of drug-likeness (QED) is 0.746. The molecule has 1 aromatic heterocycles. The second-order valence-electron chi connectivity index (χ2n) is 2.75. The van der Waals surface area contributed by atoms with Gasteiger partial charge in [-0.05, 0) is 18.2 Å². The van der Waals surface area contributed by atoms with Crippen molar-refractivity contribution in [3.8, 4) is 5.69 Å². The Morgan fingerprint density at radius 1 is 1.15 bits per heavy atom. The van der Waals surface area contributed by atoms with Crippen molar-refractivity contribution in [2.45, 2.75) is 6.61 Å². The second kappa shape index (κ2) is 3.41. The van der Waals surface area contributed by atoms with E-state index in [0.717, 1.165) is 5.69 Å². The summed E-state index contributed by atoms with van der Waals surface area (Å²) in [5.41, 5.74) is 1.69. The van der Waals surface area contributed by atoms with E-state index in [4.69, 9.17) is 5.11 Å². The van der Waals surface area contributed by atoms with Crippen LogP contribution in [0.2, 0.25) is 0 Å². The van der Waals surface area contributed by atoms with Crippen LogP contribution in [0.3, 0.4) is 0 Å². The molecule has 3 nitrogen and oxygen atoms in total. The molecule has 0 aliphatic rings. The van der Waals surface area contributed by atoms with Gasteiger partial charge in [0.1, 0.15) is 0 Å². The number of rotatable bonds is 2. The van der Waals surface area contributed by atoms with E-state index >= 15 is 0 Å². The first-order valence-corrected chi connectivity index (χ1v) is 4.11. The summed E-state index contributed by atoms with van der Waals surface area (Å²) >= 11 is 0. The number of para-hydroxylation sites is 1. The molecule has 1 heterocycles. The van der Waals surface area contributed by atoms with Crippen molar-refractivity contribution in [2.75, 3.05) is 0 Å². The van der Waals surface area contributed by atoms with Crippen LogP contribution in [0.5, 0.6) is 0 Å². The maximum absolute atomic E-state index is 8.82. The van der Waals surface area contributed by atoms with Gasteiger partial charge >= 0.3 is 0 Å². The fraction of sp³-hybridized carbons (Fsp3) is 0.100. The molecule has 0 aliphatic heterocycles. The number of aliphatic hydroxyl groups excluding tert-OH is 1. The molecular weight excluding hydrogens is 164 g/mol. The summed E-state index contributed by atoms with van der Waals surface area (Å²) in [5.74, 6) is 0. The topological polar surface area (TPSA) is 38.0 Å². The van der Waals surface area contributed by atoms with Gasteiger partial charge in [-0.1, -0.05) is 18.2 Å². The number of hydrogen-bond acceptors (Lipinski definition) is 2. The molecule has 3 heteroatoms. The molecule has 66 valence electrons. The molecule has 0 aliphatic carbocycles. The Labute approximate surface area is 76.3 Å². The van der Waals surface area contributed by atoms with Crippen molar-refractivity contribution >= 4 is 0 Å². The van der Waals surface area contributed by atoms with Crippen LogP contribution in [0.4, 0.5) is 0 Å². The van der Waals surface area contributed by atoms with Crippen molar-refractivity contribution in [1.29, 1.82) is 0 Å². The molecule has 2 rings (SSSR count). The van der Waals surface area contributed by atoms with Gasteiger partial charge in [0.2, 0.25) is 0 Å². The molecule has 0 fully saturated rings. The molecular formula is C10H10N2O. The minimum atomic E-state index is -0.0141. The lowest BCUT2D eigenvalue weighted by Crippen LogP contribution is -1.95. The fourth-order valence-corrected chi connectivity index (χ4v) is 1.17. The Morgan fingerprint density at radius 3 is 2.54 bits per heavy atom. The van der Waals surface area contributed by atoms with Crippen molar-refractivity contribution < 1.29 is 5.11 Å². The monoisotopic (exact) mass is 174 g/mol. The Bertz CT molecular complexity index is 381. The summed E-state index contributed by atoms with van der Waals surface area (Å²) < 4.78 is 1.74. The molecule has 1 aromatic carbocycles. The molecule has 1 N–H and O–H groups in total. The van der Waals surface area contributed by atoms with Gasteiger partial charge < -0.3 is 5.11 Å². The van der Waals surface area contributed by atoms with Crippen LogP contribution < -0.4 is 0 Å². The first-order chi connectivity index (χ1) is 6.40. The predicted molar refractivity (Wildman–Crippen MR) is 49.5 cm³/mol. The van der Waals surface area contributed by atoms with E-state index in [1.807, 2.05) is 36.5 Å². The third-order valence-electron chi connectivity index (χ3n) is 1.83. The van der Waals surface area contributed by atoms with E-state index in [9.17, 15) is 0 Å². The van der Waals surface area contributed by atoms with Gasteiger partial charge in [-0.15, -0.1) is 0 Å². The average Bonchev–Trinajstić information content (AvgIpc) is 2.67. The van der Waals surface area contributed by atoms with Gasteiger partial charge in [0.15, 0.2) is 0 Å². The molecule has 0 spiro atoms. The maximum atomic E-state index is 8.82. The number of hydrogen-bond donors (Lipinski definition) is 1. The van der Waals surface area contributed by atoms with Crippen LogP contribution in [-0.4, -0.2) is 14.9 Å². The molecule has 13 heavy (non-hydrogen) atoms. The van der Waals surface area contributed by atoms with Gasteiger partial charge in [0.05, 0.1) is 18.0 Å². The van der Waals surface area contributed by atoms with E-state index in [1.54, 1.807) is 10.7 Å². The largest absolute Gasteiger partial charge is 0.390 e. The first kappa shape index (κ1) is 8.01. The Kier molecular flexibility index (Phi) is 2.10. The molecule has 0 amide bonds. The molecule has 2 aromatic rings. The lowest BCUT2D eigenvalue weighted by atomic mass is 10.3. The second-order valence-corrected chi connectivity index (χ2v) is 2.75. The molecule has 0 radical (unpaired) electrons. The Hall–Kier alpha value is -1.61. The zero-order valence-electron chi connectivity index (χ0n) is 7.09. The lowest BCUT2D eigenvalue weighted by Gasteiger charge is -1.98. The standard InChI is InChI=1S/C10H10N2O/c13-8-9-6-7-12(11-9)10-4-2-1-3-5-10/h1-7,13H,8H2. The predicted octanol–water partition coefficient (Wildman–Crippen LogP) is 1.36. The van der Waals surface area contributed by atoms with E-state index in [2.05, 4.69) is 5.10 Å². The highest BCUT2D eigenvalue weighted by molar-refractivity contribution is 5.30. The van der Waals surface area contributed by atoms with Crippen LogP contribution in [0, 0.1) is 0 Å². The third kappa shape index (κ3) is 1.60. The zero-order chi connectivity index (χ0) is 9.10. The van der Waals surface area contributed by atoms with E-state index in [1.165, 1.54) is 0 Å². The molecule has 0 unspecified atom stereocenters. The summed E-state index contributed by atoms with van der Waals surface area (Å²) in [5, 5.41) is 13.0. The van der Waals surface area contributed by atoms with Gasteiger partial charge in [0, 0.05) is 6.20 Å². The molecule has 0 saturated carbocycles. The summed E-state index contributed by atoms with van der Waals surface area (Å²) in [6.07, 6.45) is 1.83. The highest BCUT2D eigenvalue weighted by Gasteiger charge is 1.97. The minimum Gasteiger partial charge on any atom is -0.390 e. The Balaban J connectivity index is 2.36. The summed E-state index contributed by atoms with van der Waals surface area (Å²) in [6.45, 7) is -0.0141. The van der Waals surface area contributed by atoms with Gasteiger partial charge in [-0.2, -0.15) is 5.10 Å². The van der Waals surface area contributed by atoms with Crippen LogP contribution in [-0.2, 0) is 6.61 Å². The van der Waals surface area contributed by atoms with E-state index in [0.29, 0.717) is 5.69 Å². The van der Waals surface area contributed by atoms with E-state index < -0.39 is 0 Å². The van der Waals surface area contributed by atoms with Gasteiger partial charge in [-0.3, -0.25) is 0 Å². The third-order valence-corrected chi connectivity index (χ3v) is 1.83. The number of aromatic nitrogens is 2. The minimum absolute atomic E-state index is 0.0141. The van der Waals surface area contributed by atoms with E-state index in [-0.39, 0.29) is 6.61 Å². The average molecular weight is 174 g/mol. The maximum Gasteiger partial charge on any atom is 0.0883 e. The van der Waals surface area contributed by atoms with Crippen LogP contribution in [0.1, 0.15) is 5.69 Å². The normalized spacial score (nSPS) is 10.2. The van der Waals surface area contributed by atoms with Crippen molar-refractivity contribution in [3.05, 3.63) is 48.3 Å². The highest BCUT2D eigenvalue weighted by atomic mass is 16.3. The van der Waals surface area contributed by atoms with Crippen LogP contribution in [0.25, 0.3) is 5.69 Å². The van der Waals surface area contributed by atoms with Crippen LogP contribution >= 0.6 is 0 Å². The number of aliphatic hydroxyl groups is 1. The molecule has 0 saturated heterocycles. The summed E-state index contributed by atoms with van der Waals surface area (Å²) in [6, 6.07) is 11.6. The van der Waals surface area contributed by atoms with Crippen molar-refractivity contribution in [3.63, 3.8) is 0 Å². The van der Waals surface area contributed by atoms with Crippen molar-refractivity contribution in [2.24, 2.45) is 0 Å². The lowest BCUT2D eigenvalue weighted by molar-refractivity contribution is 0.276. The van der Waals surface area contributed by atoms with Crippen LogP contribution in [0.15, 0.2) is 42.6 Å². The molecule has 0 atom stereocenters. The number of benzene rings is 1. The fourth-order valence-electron chi connectivity index (χ4n) is 1.17.